The normalized spacial score (nSPS) is 19.0. The number of alkyl halides is 2. The number of aliphatic carboxylic acids is 1. The summed E-state index contributed by atoms with van der Waals surface area (Å²) in [4.78, 5) is 27.1. The van der Waals surface area contributed by atoms with Crippen LogP contribution in [0.5, 0.6) is 11.5 Å². The van der Waals surface area contributed by atoms with Crippen LogP contribution in [-0.4, -0.2) is 71.8 Å². The zero-order chi connectivity index (χ0) is 20.3. The van der Waals surface area contributed by atoms with Gasteiger partial charge < -0.3 is 19.9 Å². The smallest absolute Gasteiger partial charge is 0.480 e. The molecule has 1 amide bonds. The van der Waals surface area contributed by atoms with Gasteiger partial charge in [-0.2, -0.15) is 0 Å². The van der Waals surface area contributed by atoms with Gasteiger partial charge in [0.2, 0.25) is 5.91 Å². The summed E-state index contributed by atoms with van der Waals surface area (Å²) in [6.45, 7) is 4.15. The van der Waals surface area contributed by atoms with E-state index in [9.17, 15) is 18.4 Å². The molecule has 1 saturated heterocycles. The van der Waals surface area contributed by atoms with Crippen molar-refractivity contribution < 1.29 is 33.0 Å². The van der Waals surface area contributed by atoms with Crippen LogP contribution in [0.4, 0.5) is 14.5 Å². The zero-order valence-corrected chi connectivity index (χ0v) is 15.5. The van der Waals surface area contributed by atoms with E-state index < -0.39 is 12.3 Å². The van der Waals surface area contributed by atoms with E-state index in [4.69, 9.17) is 5.11 Å². The lowest BCUT2D eigenvalue weighted by Crippen LogP contribution is -2.48. The van der Waals surface area contributed by atoms with E-state index in [1.165, 1.54) is 18.2 Å². The summed E-state index contributed by atoms with van der Waals surface area (Å²) in [5, 5.41) is 11.6. The minimum absolute atomic E-state index is 0.0187. The van der Waals surface area contributed by atoms with Gasteiger partial charge in [0.1, 0.15) is 0 Å². The molecule has 28 heavy (non-hydrogen) atoms. The number of anilines is 1. The molecule has 1 fully saturated rings. The van der Waals surface area contributed by atoms with Gasteiger partial charge in [-0.05, 0) is 31.5 Å². The third-order valence-electron chi connectivity index (χ3n) is 4.87. The first-order valence-corrected chi connectivity index (χ1v) is 9.13. The number of likely N-dealkylation sites (N-methyl/N-ethyl adjacent to an activating group) is 1. The number of nitrogens with one attached hydrogen (secondary N) is 1. The monoisotopic (exact) mass is 399 g/mol. The second-order valence-corrected chi connectivity index (χ2v) is 6.84. The fraction of sp³-hybridized carbons (Fsp3) is 0.556. The lowest BCUT2D eigenvalue weighted by Gasteiger charge is -2.37. The number of nitrogens with zero attached hydrogens (tertiary/aromatic N) is 2. The Morgan fingerprint density at radius 2 is 1.96 bits per heavy atom. The average Bonchev–Trinajstić information content (AvgIpc) is 2.93. The van der Waals surface area contributed by atoms with Crippen molar-refractivity contribution in [3.05, 3.63) is 18.2 Å². The second kappa shape index (κ2) is 8.27. The largest absolute Gasteiger partial charge is 0.586 e. The van der Waals surface area contributed by atoms with Gasteiger partial charge in [-0.1, -0.05) is 6.92 Å². The van der Waals surface area contributed by atoms with Gasteiger partial charge in [0, 0.05) is 30.9 Å². The van der Waals surface area contributed by atoms with Crippen LogP contribution in [0.3, 0.4) is 0 Å². The van der Waals surface area contributed by atoms with E-state index in [1.807, 2.05) is 16.7 Å². The lowest BCUT2D eigenvalue weighted by atomic mass is 10.0. The molecule has 0 aliphatic carbocycles. The third-order valence-corrected chi connectivity index (χ3v) is 4.87. The van der Waals surface area contributed by atoms with Gasteiger partial charge >= 0.3 is 12.3 Å². The Morgan fingerprint density at radius 3 is 2.61 bits per heavy atom. The van der Waals surface area contributed by atoms with E-state index in [2.05, 4.69) is 14.8 Å². The molecule has 2 aliphatic rings. The molecule has 2 N–H and O–H groups in total. The molecule has 0 bridgehead atoms. The Balaban J connectivity index is 1.47. The molecule has 0 unspecified atom stereocenters. The Bertz CT molecular complexity index is 738. The number of fused-ring (bicyclic) bond motifs is 1. The van der Waals surface area contributed by atoms with Crippen LogP contribution in [-0.2, 0) is 9.59 Å². The summed E-state index contributed by atoms with van der Waals surface area (Å²) in [7, 11) is 0. The number of ether oxygens (including phenoxy) is 2. The van der Waals surface area contributed by atoms with Gasteiger partial charge in [-0.3, -0.25) is 19.4 Å². The highest BCUT2D eigenvalue weighted by molar-refractivity contribution is 5.92. The molecule has 154 valence electrons. The van der Waals surface area contributed by atoms with Crippen molar-refractivity contribution >= 4 is 17.6 Å². The molecule has 0 radical (unpaired) electrons. The van der Waals surface area contributed by atoms with Crippen molar-refractivity contribution in [1.82, 2.24) is 9.80 Å². The van der Waals surface area contributed by atoms with Crippen LogP contribution in [0.1, 0.15) is 19.8 Å². The highest BCUT2D eigenvalue weighted by Crippen LogP contribution is 2.42. The van der Waals surface area contributed by atoms with Crippen molar-refractivity contribution in [3.8, 4) is 11.5 Å². The molecule has 0 atom stereocenters. The summed E-state index contributed by atoms with van der Waals surface area (Å²) >= 11 is 0. The molecule has 0 aromatic heterocycles. The molecular weight excluding hydrogens is 376 g/mol. The average molecular weight is 399 g/mol. The van der Waals surface area contributed by atoms with E-state index >= 15 is 0 Å². The second-order valence-electron chi connectivity index (χ2n) is 6.84. The summed E-state index contributed by atoms with van der Waals surface area (Å²) in [6.07, 6.45) is -2.12. The molecular formula is C18H23F2N3O5. The Morgan fingerprint density at radius 1 is 1.29 bits per heavy atom. The van der Waals surface area contributed by atoms with Crippen molar-refractivity contribution in [1.29, 1.82) is 0 Å². The standard InChI is InChI=1S/C18H23F2N3O5/c1-2-23(11-17(25)26)13-5-7-22(8-6-13)10-16(24)21-12-3-4-14-15(9-12)28-18(19,20)27-14/h3-4,9,13H,2,5-8,10-11H2,1H3,(H,21,24)(H,25,26). The predicted octanol–water partition coefficient (Wildman–Crippen LogP) is 1.82. The van der Waals surface area contributed by atoms with E-state index in [1.54, 1.807) is 0 Å². The fourth-order valence-electron chi connectivity index (χ4n) is 3.55. The van der Waals surface area contributed by atoms with Crippen molar-refractivity contribution in [2.75, 3.05) is 38.0 Å². The zero-order valence-electron chi connectivity index (χ0n) is 15.5. The Hall–Kier alpha value is -2.46. The van der Waals surface area contributed by atoms with Gasteiger partial charge in [-0.15, -0.1) is 8.78 Å². The summed E-state index contributed by atoms with van der Waals surface area (Å²) in [6, 6.07) is 4.28. The number of hydrogen-bond donors (Lipinski definition) is 2. The first kappa shape index (κ1) is 20.3. The van der Waals surface area contributed by atoms with Crippen molar-refractivity contribution in [3.63, 3.8) is 0 Å². The summed E-state index contributed by atoms with van der Waals surface area (Å²) < 4.78 is 34.8. The van der Waals surface area contributed by atoms with Crippen LogP contribution < -0.4 is 14.8 Å². The topological polar surface area (TPSA) is 91.3 Å². The third kappa shape index (κ3) is 5.08. The number of halogens is 2. The number of carbonyl (C=O) groups is 2. The van der Waals surface area contributed by atoms with Crippen LogP contribution in [0.25, 0.3) is 0 Å². The van der Waals surface area contributed by atoms with Gasteiger partial charge in [-0.25, -0.2) is 0 Å². The lowest BCUT2D eigenvalue weighted by molar-refractivity contribution is -0.286. The number of piperidine rings is 1. The molecule has 1 aromatic rings. The SMILES string of the molecule is CCN(CC(=O)O)C1CCN(CC(=O)Nc2ccc3c(c2)OC(F)(F)O3)CC1. The number of benzene rings is 1. The first-order valence-electron chi connectivity index (χ1n) is 9.13. The number of amides is 1. The quantitative estimate of drug-likeness (QED) is 0.723. The van der Waals surface area contributed by atoms with Crippen LogP contribution in [0, 0.1) is 0 Å². The first-order chi connectivity index (χ1) is 13.3. The van der Waals surface area contributed by atoms with Crippen molar-refractivity contribution in [2.24, 2.45) is 0 Å². The number of carboxylic acid groups (broad SMARTS) is 1. The number of carbonyl (C=O) groups excluding carboxylic acids is 1. The highest BCUT2D eigenvalue weighted by Gasteiger charge is 2.43. The van der Waals surface area contributed by atoms with Crippen molar-refractivity contribution in [2.45, 2.75) is 32.1 Å². The van der Waals surface area contributed by atoms with E-state index in [0.717, 1.165) is 12.8 Å². The van der Waals surface area contributed by atoms with Crippen LogP contribution in [0.2, 0.25) is 0 Å². The molecule has 2 aliphatic heterocycles. The maximum absolute atomic E-state index is 13.0. The number of hydrogen-bond acceptors (Lipinski definition) is 6. The fourth-order valence-corrected chi connectivity index (χ4v) is 3.55. The highest BCUT2D eigenvalue weighted by atomic mass is 19.3. The van der Waals surface area contributed by atoms with E-state index in [0.29, 0.717) is 25.3 Å². The molecule has 2 heterocycles. The Kier molecular flexibility index (Phi) is 5.99. The Labute approximate surface area is 161 Å². The maximum atomic E-state index is 13.0. The number of likely N-dealkylation sites (tertiary alicyclic amines) is 1. The minimum Gasteiger partial charge on any atom is -0.480 e. The van der Waals surface area contributed by atoms with Gasteiger partial charge in [0.15, 0.2) is 11.5 Å². The molecule has 0 spiro atoms. The van der Waals surface area contributed by atoms with Crippen LogP contribution >= 0.6 is 0 Å². The van der Waals surface area contributed by atoms with Crippen LogP contribution in [0.15, 0.2) is 18.2 Å². The molecule has 8 nitrogen and oxygen atoms in total. The molecule has 3 rings (SSSR count). The molecule has 0 saturated carbocycles. The number of rotatable bonds is 7. The molecule has 10 heteroatoms. The van der Waals surface area contributed by atoms with E-state index in [-0.39, 0.29) is 36.5 Å². The maximum Gasteiger partial charge on any atom is 0.586 e. The minimum atomic E-state index is -3.69. The summed E-state index contributed by atoms with van der Waals surface area (Å²) in [5.41, 5.74) is 0.346. The summed E-state index contributed by atoms with van der Waals surface area (Å²) in [5.74, 6) is -1.30. The number of carboxylic acids is 1. The predicted molar refractivity (Wildman–Crippen MR) is 95.6 cm³/mol. The van der Waals surface area contributed by atoms with Gasteiger partial charge in [0.25, 0.3) is 0 Å². The molecule has 1 aromatic carbocycles. The van der Waals surface area contributed by atoms with Gasteiger partial charge in [0.05, 0.1) is 13.1 Å².